The van der Waals surface area contributed by atoms with Gasteiger partial charge in [0.2, 0.25) is 0 Å². The Hall–Kier alpha value is 0.650. The van der Waals surface area contributed by atoms with Gasteiger partial charge in [-0.15, -0.1) is 0 Å². The van der Waals surface area contributed by atoms with Crippen LogP contribution >= 0.6 is 22.6 Å². The van der Waals surface area contributed by atoms with Crippen LogP contribution in [0, 0.1) is 11.3 Å². The fourth-order valence-corrected chi connectivity index (χ4v) is 6.38. The molecule has 2 saturated heterocycles. The zero-order valence-electron chi connectivity index (χ0n) is 13.3. The van der Waals surface area contributed by atoms with Crippen LogP contribution in [0.3, 0.4) is 0 Å². The summed E-state index contributed by atoms with van der Waals surface area (Å²) >= 11 is 2.64. The number of hydrogen-bond donors (Lipinski definition) is 0. The second-order valence-corrected chi connectivity index (χ2v) is 9.64. The highest BCUT2D eigenvalue weighted by molar-refractivity contribution is 14.1. The highest BCUT2D eigenvalue weighted by Crippen LogP contribution is 2.52. The molecule has 20 heavy (non-hydrogen) atoms. The van der Waals surface area contributed by atoms with E-state index in [-0.39, 0.29) is 0 Å². The summed E-state index contributed by atoms with van der Waals surface area (Å²) in [6.45, 7) is 11.5. The Bertz CT molecular complexity index is 307. The Morgan fingerprint density at radius 3 is 2.15 bits per heavy atom. The zero-order valence-corrected chi connectivity index (χ0v) is 15.4. The van der Waals surface area contributed by atoms with Gasteiger partial charge in [-0.2, -0.15) is 0 Å². The summed E-state index contributed by atoms with van der Waals surface area (Å²) < 4.78 is 0.986. The first-order chi connectivity index (χ1) is 9.56. The van der Waals surface area contributed by atoms with E-state index in [4.69, 9.17) is 0 Å². The lowest BCUT2D eigenvalue weighted by molar-refractivity contribution is 0.0289. The quantitative estimate of drug-likeness (QED) is 0.535. The van der Waals surface area contributed by atoms with Crippen LogP contribution in [0.5, 0.6) is 0 Å². The van der Waals surface area contributed by atoms with Gasteiger partial charge in [-0.25, -0.2) is 0 Å². The molecule has 2 aliphatic heterocycles. The standard InChI is InChI=1S/C17H31IN2/c1-14(2)20-7-3-15(4-8-20)13-19-9-5-17(6-10-19)11-16(18)12-17/h14-16H,3-13H2,1-2H3. The Morgan fingerprint density at radius 1 is 1.05 bits per heavy atom. The lowest BCUT2D eigenvalue weighted by atomic mass is 9.63. The molecule has 3 rings (SSSR count). The first-order valence-corrected chi connectivity index (χ1v) is 9.91. The molecule has 0 aromatic carbocycles. The molecule has 0 amide bonds. The van der Waals surface area contributed by atoms with Gasteiger partial charge < -0.3 is 9.80 Å². The van der Waals surface area contributed by atoms with E-state index in [0.717, 1.165) is 21.3 Å². The maximum Gasteiger partial charge on any atom is 0.0120 e. The number of nitrogens with zero attached hydrogens (tertiary/aromatic N) is 2. The highest BCUT2D eigenvalue weighted by atomic mass is 127. The predicted molar refractivity (Wildman–Crippen MR) is 94.6 cm³/mol. The Kier molecular flexibility index (Phi) is 4.98. The molecule has 0 unspecified atom stereocenters. The van der Waals surface area contributed by atoms with Gasteiger partial charge in [0.05, 0.1) is 0 Å². The molecule has 116 valence electrons. The molecule has 3 heteroatoms. The SMILES string of the molecule is CC(C)N1CCC(CN2CCC3(CC2)CC(I)C3)CC1. The number of hydrogen-bond acceptors (Lipinski definition) is 2. The minimum absolute atomic E-state index is 0.741. The maximum atomic E-state index is 2.78. The van der Waals surface area contributed by atoms with Crippen molar-refractivity contribution in [3.8, 4) is 0 Å². The van der Waals surface area contributed by atoms with E-state index >= 15 is 0 Å². The molecule has 0 bridgehead atoms. The first kappa shape index (κ1) is 15.5. The van der Waals surface area contributed by atoms with Crippen molar-refractivity contribution in [2.75, 3.05) is 32.7 Å². The summed E-state index contributed by atoms with van der Waals surface area (Å²) in [6, 6.07) is 0.741. The molecule has 0 aromatic rings. The van der Waals surface area contributed by atoms with Crippen molar-refractivity contribution in [2.45, 2.75) is 62.3 Å². The first-order valence-electron chi connectivity index (χ1n) is 8.67. The van der Waals surface area contributed by atoms with Crippen LogP contribution in [0.1, 0.15) is 52.4 Å². The van der Waals surface area contributed by atoms with Crippen LogP contribution in [0.2, 0.25) is 0 Å². The Morgan fingerprint density at radius 2 is 1.65 bits per heavy atom. The van der Waals surface area contributed by atoms with Crippen LogP contribution in [0.15, 0.2) is 0 Å². The van der Waals surface area contributed by atoms with Gasteiger partial charge in [0.1, 0.15) is 0 Å². The van der Waals surface area contributed by atoms with Gasteiger partial charge >= 0.3 is 0 Å². The van der Waals surface area contributed by atoms with Gasteiger partial charge in [0.25, 0.3) is 0 Å². The van der Waals surface area contributed by atoms with Crippen molar-refractivity contribution in [3.05, 3.63) is 0 Å². The van der Waals surface area contributed by atoms with E-state index in [1.807, 2.05) is 0 Å². The van der Waals surface area contributed by atoms with Crippen LogP contribution < -0.4 is 0 Å². The maximum absolute atomic E-state index is 2.78. The summed E-state index contributed by atoms with van der Waals surface area (Å²) in [6.07, 6.45) is 8.84. The molecule has 2 nitrogen and oxygen atoms in total. The molecule has 0 atom stereocenters. The fraction of sp³-hybridized carbons (Fsp3) is 1.00. The Labute approximate surface area is 138 Å². The molecule has 3 fully saturated rings. The van der Waals surface area contributed by atoms with E-state index < -0.39 is 0 Å². The number of rotatable bonds is 3. The molecular weight excluding hydrogens is 359 g/mol. The summed E-state index contributed by atoms with van der Waals surface area (Å²) in [7, 11) is 0. The van der Waals surface area contributed by atoms with Crippen molar-refractivity contribution in [1.29, 1.82) is 0 Å². The van der Waals surface area contributed by atoms with Crippen molar-refractivity contribution >= 4 is 22.6 Å². The van der Waals surface area contributed by atoms with Crippen molar-refractivity contribution in [2.24, 2.45) is 11.3 Å². The number of alkyl halides is 1. The van der Waals surface area contributed by atoms with Crippen LogP contribution in [0.25, 0.3) is 0 Å². The van der Waals surface area contributed by atoms with E-state index in [2.05, 4.69) is 46.2 Å². The second-order valence-electron chi connectivity index (χ2n) is 7.88. The molecule has 1 saturated carbocycles. The third-order valence-electron chi connectivity index (χ3n) is 6.12. The molecule has 3 aliphatic rings. The largest absolute Gasteiger partial charge is 0.303 e. The topological polar surface area (TPSA) is 6.48 Å². The summed E-state index contributed by atoms with van der Waals surface area (Å²) in [5.74, 6) is 0.970. The van der Waals surface area contributed by atoms with Gasteiger partial charge in [-0.3, -0.25) is 0 Å². The summed E-state index contributed by atoms with van der Waals surface area (Å²) in [4.78, 5) is 5.43. The van der Waals surface area contributed by atoms with Gasteiger partial charge in [-0.05, 0) is 89.9 Å². The van der Waals surface area contributed by atoms with Crippen molar-refractivity contribution < 1.29 is 0 Å². The van der Waals surface area contributed by atoms with E-state index in [0.29, 0.717) is 0 Å². The van der Waals surface area contributed by atoms with Gasteiger partial charge in [0, 0.05) is 16.5 Å². The second kappa shape index (κ2) is 6.41. The molecule has 2 heterocycles. The average molecular weight is 390 g/mol. The fourth-order valence-electron chi connectivity index (χ4n) is 4.52. The van der Waals surface area contributed by atoms with Gasteiger partial charge in [0.15, 0.2) is 0 Å². The predicted octanol–water partition coefficient (Wildman–Crippen LogP) is 3.79. The third kappa shape index (κ3) is 3.52. The minimum Gasteiger partial charge on any atom is -0.303 e. The molecule has 0 radical (unpaired) electrons. The van der Waals surface area contributed by atoms with Crippen LogP contribution in [-0.2, 0) is 0 Å². The monoisotopic (exact) mass is 390 g/mol. The normalized spacial score (nSPS) is 30.0. The van der Waals surface area contributed by atoms with Gasteiger partial charge in [-0.1, -0.05) is 22.6 Å². The Balaban J connectivity index is 1.38. The molecular formula is C17H31IN2. The van der Waals surface area contributed by atoms with Crippen LogP contribution in [0.4, 0.5) is 0 Å². The molecule has 1 spiro atoms. The molecule has 1 aliphatic carbocycles. The summed E-state index contributed by atoms with van der Waals surface area (Å²) in [5.41, 5.74) is 0.781. The van der Waals surface area contributed by atoms with Crippen molar-refractivity contribution in [3.63, 3.8) is 0 Å². The van der Waals surface area contributed by atoms with E-state index in [1.54, 1.807) is 0 Å². The molecule has 0 N–H and O–H groups in total. The molecule has 0 aromatic heterocycles. The zero-order chi connectivity index (χ0) is 14.2. The van der Waals surface area contributed by atoms with Crippen molar-refractivity contribution in [1.82, 2.24) is 9.80 Å². The van der Waals surface area contributed by atoms with E-state index in [9.17, 15) is 0 Å². The lowest BCUT2D eigenvalue weighted by Crippen LogP contribution is -2.49. The van der Waals surface area contributed by atoms with E-state index in [1.165, 1.54) is 71.2 Å². The number of likely N-dealkylation sites (tertiary alicyclic amines) is 2. The minimum atomic E-state index is 0.741. The third-order valence-corrected chi connectivity index (χ3v) is 7.00. The number of halogens is 1. The smallest absolute Gasteiger partial charge is 0.0120 e. The number of piperidine rings is 2. The average Bonchev–Trinajstić information content (AvgIpc) is 2.40. The summed E-state index contributed by atoms with van der Waals surface area (Å²) in [5, 5.41) is 0. The lowest BCUT2D eigenvalue weighted by Gasteiger charge is -2.51. The van der Waals surface area contributed by atoms with Crippen LogP contribution in [-0.4, -0.2) is 52.5 Å². The highest BCUT2D eigenvalue weighted by Gasteiger charge is 2.44.